The van der Waals surface area contributed by atoms with Crippen molar-refractivity contribution < 1.29 is 18.0 Å². The largest absolute Gasteiger partial charge is 0.416 e. The summed E-state index contributed by atoms with van der Waals surface area (Å²) in [5.74, 6) is -0.518. The van der Waals surface area contributed by atoms with Crippen LogP contribution in [0.1, 0.15) is 15.9 Å². The van der Waals surface area contributed by atoms with Gasteiger partial charge >= 0.3 is 6.18 Å². The molecule has 1 amide bonds. The zero-order valence-corrected chi connectivity index (χ0v) is 12.1. The summed E-state index contributed by atoms with van der Waals surface area (Å²) < 4.78 is 38.3. The SMILES string of the molecule is Nc1ccc(C(=O)Nc2cccc(C(F)(F)F)c2)cc1Br. The van der Waals surface area contributed by atoms with Gasteiger partial charge in [-0.3, -0.25) is 4.79 Å². The minimum absolute atomic E-state index is 0.0720. The summed E-state index contributed by atoms with van der Waals surface area (Å²) >= 11 is 3.18. The average Bonchev–Trinajstić information content (AvgIpc) is 2.41. The fourth-order valence-corrected chi connectivity index (χ4v) is 2.02. The van der Waals surface area contributed by atoms with Crippen LogP contribution in [-0.2, 0) is 6.18 Å². The molecule has 0 unspecified atom stereocenters. The lowest BCUT2D eigenvalue weighted by Crippen LogP contribution is -2.13. The molecule has 0 aliphatic rings. The fourth-order valence-electron chi connectivity index (χ4n) is 1.64. The number of benzene rings is 2. The first kappa shape index (κ1) is 15.4. The number of hydrogen-bond acceptors (Lipinski definition) is 2. The summed E-state index contributed by atoms with van der Waals surface area (Å²) in [6.07, 6.45) is -4.45. The molecule has 0 fully saturated rings. The summed E-state index contributed by atoms with van der Waals surface area (Å²) in [5, 5.41) is 2.42. The molecule has 0 saturated carbocycles. The molecule has 0 bridgehead atoms. The first-order valence-electron chi connectivity index (χ1n) is 5.81. The predicted octanol–water partition coefficient (Wildman–Crippen LogP) is 4.30. The zero-order chi connectivity index (χ0) is 15.6. The Kier molecular flexibility index (Phi) is 4.22. The van der Waals surface area contributed by atoms with Crippen LogP contribution in [0.5, 0.6) is 0 Å². The van der Waals surface area contributed by atoms with E-state index >= 15 is 0 Å². The summed E-state index contributed by atoms with van der Waals surface area (Å²) in [4.78, 5) is 12.0. The summed E-state index contributed by atoms with van der Waals surface area (Å²) in [6, 6.07) is 8.96. The number of nitrogens with one attached hydrogen (secondary N) is 1. The molecular weight excluding hydrogens is 349 g/mol. The first-order chi connectivity index (χ1) is 9.77. The van der Waals surface area contributed by atoms with Gasteiger partial charge < -0.3 is 11.1 Å². The second kappa shape index (κ2) is 5.77. The van der Waals surface area contributed by atoms with Crippen LogP contribution < -0.4 is 11.1 Å². The fraction of sp³-hybridized carbons (Fsp3) is 0.0714. The van der Waals surface area contributed by atoms with Crippen LogP contribution in [0.4, 0.5) is 24.5 Å². The van der Waals surface area contributed by atoms with Crippen molar-refractivity contribution in [1.29, 1.82) is 0 Å². The molecule has 2 rings (SSSR count). The third-order valence-corrected chi connectivity index (χ3v) is 3.40. The lowest BCUT2D eigenvalue weighted by atomic mass is 10.1. The van der Waals surface area contributed by atoms with E-state index in [0.717, 1.165) is 12.1 Å². The minimum Gasteiger partial charge on any atom is -0.398 e. The molecule has 3 N–H and O–H groups in total. The van der Waals surface area contributed by atoms with E-state index in [-0.39, 0.29) is 11.3 Å². The molecule has 0 aliphatic heterocycles. The number of amides is 1. The molecule has 3 nitrogen and oxygen atoms in total. The molecule has 0 aliphatic carbocycles. The van der Waals surface area contributed by atoms with Gasteiger partial charge in [0.2, 0.25) is 0 Å². The highest BCUT2D eigenvalue weighted by Crippen LogP contribution is 2.30. The van der Waals surface area contributed by atoms with Gasteiger partial charge in [0.15, 0.2) is 0 Å². The number of alkyl halides is 3. The molecule has 0 spiro atoms. The maximum absolute atomic E-state index is 12.6. The Balaban J connectivity index is 2.21. The Morgan fingerprint density at radius 2 is 1.86 bits per heavy atom. The smallest absolute Gasteiger partial charge is 0.398 e. The van der Waals surface area contributed by atoms with E-state index in [1.807, 2.05) is 0 Å². The first-order valence-corrected chi connectivity index (χ1v) is 6.60. The number of hydrogen-bond donors (Lipinski definition) is 2. The number of nitrogen functional groups attached to an aromatic ring is 1. The molecular formula is C14H10BrF3N2O. The Hall–Kier alpha value is -2.02. The standard InChI is InChI=1S/C14H10BrF3N2O/c15-11-6-8(4-5-12(11)19)13(21)20-10-3-1-2-9(7-10)14(16,17)18/h1-7H,19H2,(H,20,21). The molecule has 0 atom stereocenters. The van der Waals surface area contributed by atoms with Gasteiger partial charge in [-0.1, -0.05) is 6.07 Å². The third kappa shape index (κ3) is 3.75. The maximum atomic E-state index is 12.6. The van der Waals surface area contributed by atoms with Gasteiger partial charge in [0, 0.05) is 21.4 Å². The highest BCUT2D eigenvalue weighted by Gasteiger charge is 2.30. The highest BCUT2D eigenvalue weighted by molar-refractivity contribution is 9.10. The van der Waals surface area contributed by atoms with Crippen molar-refractivity contribution in [2.45, 2.75) is 6.18 Å². The topological polar surface area (TPSA) is 55.1 Å². The Bertz CT molecular complexity index is 686. The quantitative estimate of drug-likeness (QED) is 0.786. The molecule has 0 radical (unpaired) electrons. The summed E-state index contributed by atoms with van der Waals surface area (Å²) in [6.45, 7) is 0. The zero-order valence-electron chi connectivity index (χ0n) is 10.5. The average molecular weight is 359 g/mol. The van der Waals surface area contributed by atoms with Gasteiger partial charge in [0.1, 0.15) is 0 Å². The van der Waals surface area contributed by atoms with Gasteiger partial charge in [0.25, 0.3) is 5.91 Å². The molecule has 7 heteroatoms. The van der Waals surface area contributed by atoms with Crippen molar-refractivity contribution in [3.63, 3.8) is 0 Å². The lowest BCUT2D eigenvalue weighted by molar-refractivity contribution is -0.137. The van der Waals surface area contributed by atoms with Crippen molar-refractivity contribution in [2.75, 3.05) is 11.1 Å². The second-order valence-corrected chi connectivity index (χ2v) is 5.12. The maximum Gasteiger partial charge on any atom is 0.416 e. The molecule has 0 heterocycles. The van der Waals surface area contributed by atoms with E-state index in [1.165, 1.54) is 30.3 Å². The molecule has 110 valence electrons. The van der Waals surface area contributed by atoms with Crippen molar-refractivity contribution >= 4 is 33.2 Å². The highest BCUT2D eigenvalue weighted by atomic mass is 79.9. The number of nitrogens with two attached hydrogens (primary N) is 1. The Morgan fingerprint density at radius 3 is 2.48 bits per heavy atom. The monoisotopic (exact) mass is 358 g/mol. The predicted molar refractivity (Wildman–Crippen MR) is 78.0 cm³/mol. The third-order valence-electron chi connectivity index (χ3n) is 2.71. The van der Waals surface area contributed by atoms with Crippen molar-refractivity contribution in [3.8, 4) is 0 Å². The van der Waals surface area contributed by atoms with E-state index in [9.17, 15) is 18.0 Å². The van der Waals surface area contributed by atoms with Crippen LogP contribution in [-0.4, -0.2) is 5.91 Å². The normalized spacial score (nSPS) is 11.2. The van der Waals surface area contributed by atoms with E-state index in [1.54, 1.807) is 0 Å². The van der Waals surface area contributed by atoms with Crippen molar-refractivity contribution in [2.24, 2.45) is 0 Å². The molecule has 2 aromatic rings. The number of carbonyl (C=O) groups excluding carboxylic acids is 1. The summed E-state index contributed by atoms with van der Waals surface area (Å²) in [7, 11) is 0. The van der Waals surface area contributed by atoms with Gasteiger partial charge in [0.05, 0.1) is 5.56 Å². The number of anilines is 2. The van der Waals surface area contributed by atoms with Gasteiger partial charge in [-0.25, -0.2) is 0 Å². The van der Waals surface area contributed by atoms with Crippen LogP contribution >= 0.6 is 15.9 Å². The van der Waals surface area contributed by atoms with Gasteiger partial charge in [-0.15, -0.1) is 0 Å². The van der Waals surface area contributed by atoms with Crippen LogP contribution in [0.2, 0.25) is 0 Å². The van der Waals surface area contributed by atoms with Crippen LogP contribution in [0, 0.1) is 0 Å². The number of carbonyl (C=O) groups is 1. The molecule has 0 aromatic heterocycles. The van der Waals surface area contributed by atoms with Crippen molar-refractivity contribution in [1.82, 2.24) is 0 Å². The molecule has 0 saturated heterocycles. The van der Waals surface area contributed by atoms with E-state index in [2.05, 4.69) is 21.2 Å². The van der Waals surface area contributed by atoms with Crippen LogP contribution in [0.15, 0.2) is 46.9 Å². The number of rotatable bonds is 2. The van der Waals surface area contributed by atoms with Crippen LogP contribution in [0.25, 0.3) is 0 Å². The summed E-state index contributed by atoms with van der Waals surface area (Å²) in [5.41, 5.74) is 5.61. The molecule has 2 aromatic carbocycles. The van der Waals surface area contributed by atoms with Gasteiger partial charge in [-0.05, 0) is 52.3 Å². The van der Waals surface area contributed by atoms with Crippen LogP contribution in [0.3, 0.4) is 0 Å². The molecule has 21 heavy (non-hydrogen) atoms. The van der Waals surface area contributed by atoms with E-state index in [0.29, 0.717) is 10.2 Å². The minimum atomic E-state index is -4.45. The van der Waals surface area contributed by atoms with E-state index < -0.39 is 17.6 Å². The Labute approximate surface area is 127 Å². The van der Waals surface area contributed by atoms with Crippen molar-refractivity contribution in [3.05, 3.63) is 58.1 Å². The second-order valence-electron chi connectivity index (χ2n) is 4.27. The number of halogens is 4. The van der Waals surface area contributed by atoms with E-state index in [4.69, 9.17) is 5.73 Å². The lowest BCUT2D eigenvalue weighted by Gasteiger charge is -2.10. The van der Waals surface area contributed by atoms with Gasteiger partial charge in [-0.2, -0.15) is 13.2 Å². The Morgan fingerprint density at radius 1 is 1.14 bits per heavy atom.